The molecule has 0 radical (unpaired) electrons. The lowest BCUT2D eigenvalue weighted by Crippen LogP contribution is -2.32. The Kier molecular flexibility index (Phi) is 5.12. The highest BCUT2D eigenvalue weighted by molar-refractivity contribution is 5.96. The van der Waals surface area contributed by atoms with Gasteiger partial charge in [-0.05, 0) is 60.9 Å². The van der Waals surface area contributed by atoms with Gasteiger partial charge in [0.2, 0.25) is 0 Å². The number of carbonyl (C=O) groups excluding carboxylic acids is 1. The summed E-state index contributed by atoms with van der Waals surface area (Å²) >= 11 is 0. The molecule has 29 heavy (non-hydrogen) atoms. The van der Waals surface area contributed by atoms with Gasteiger partial charge in [0.05, 0.1) is 23.4 Å². The number of amides is 1. The van der Waals surface area contributed by atoms with Crippen LogP contribution in [0.3, 0.4) is 0 Å². The van der Waals surface area contributed by atoms with Crippen LogP contribution in [0, 0.1) is 19.7 Å². The maximum Gasteiger partial charge on any atom is 0.252 e. The highest BCUT2D eigenvalue weighted by Gasteiger charge is 2.19. The van der Waals surface area contributed by atoms with E-state index in [1.54, 1.807) is 18.5 Å². The van der Waals surface area contributed by atoms with E-state index in [1.165, 1.54) is 12.1 Å². The summed E-state index contributed by atoms with van der Waals surface area (Å²) < 4.78 is 15.5. The lowest BCUT2D eigenvalue weighted by atomic mass is 10.0. The van der Waals surface area contributed by atoms with Crippen LogP contribution in [-0.4, -0.2) is 15.5 Å². The van der Waals surface area contributed by atoms with Gasteiger partial charge in [-0.3, -0.25) is 4.79 Å². The van der Waals surface area contributed by atoms with E-state index in [-0.39, 0.29) is 17.8 Å². The molecule has 1 N–H and O–H groups in total. The average Bonchev–Trinajstić information content (AvgIpc) is 3.13. The highest BCUT2D eigenvalue weighted by Crippen LogP contribution is 2.21. The van der Waals surface area contributed by atoms with Crippen molar-refractivity contribution in [3.63, 3.8) is 0 Å². The number of fused-ring (bicyclic) bond motifs is 1. The fourth-order valence-corrected chi connectivity index (χ4v) is 3.52. The summed E-state index contributed by atoms with van der Waals surface area (Å²) in [7, 11) is 0. The summed E-state index contributed by atoms with van der Waals surface area (Å²) in [6.07, 6.45) is 1.77. The Labute approximate surface area is 169 Å². The van der Waals surface area contributed by atoms with Crippen molar-refractivity contribution in [1.29, 1.82) is 0 Å². The van der Waals surface area contributed by atoms with Gasteiger partial charge < -0.3 is 9.88 Å². The number of carbonyl (C=O) groups is 1. The molecule has 3 aromatic carbocycles. The molecular weight excluding hydrogens is 365 g/mol. The van der Waals surface area contributed by atoms with Gasteiger partial charge in [-0.1, -0.05) is 36.4 Å². The molecule has 0 saturated carbocycles. The summed E-state index contributed by atoms with van der Waals surface area (Å²) in [4.78, 5) is 17.5. The molecule has 1 heterocycles. The molecule has 0 aliphatic rings. The SMILES string of the molecule is Cc1cccc(C(=O)NC(Cn2cnc3ccccc32)c2ccc(F)cc2)c1C. The number of nitrogens with zero attached hydrogens (tertiary/aromatic N) is 2. The summed E-state index contributed by atoms with van der Waals surface area (Å²) in [5, 5.41) is 3.13. The van der Waals surface area contributed by atoms with Crippen molar-refractivity contribution >= 4 is 16.9 Å². The van der Waals surface area contributed by atoms with Crippen LogP contribution in [0.4, 0.5) is 4.39 Å². The normalized spacial score (nSPS) is 12.1. The molecule has 4 rings (SSSR count). The number of para-hydroxylation sites is 2. The van der Waals surface area contributed by atoms with E-state index in [0.717, 1.165) is 27.7 Å². The zero-order valence-corrected chi connectivity index (χ0v) is 16.4. The Morgan fingerprint density at radius 3 is 2.59 bits per heavy atom. The molecule has 146 valence electrons. The molecular formula is C24H22FN3O. The molecule has 4 nitrogen and oxygen atoms in total. The second-order valence-electron chi connectivity index (χ2n) is 7.21. The Hall–Kier alpha value is -3.47. The number of hydrogen-bond acceptors (Lipinski definition) is 2. The fourth-order valence-electron chi connectivity index (χ4n) is 3.52. The van der Waals surface area contributed by atoms with Crippen molar-refractivity contribution in [3.05, 3.63) is 101 Å². The Bertz CT molecular complexity index is 1160. The van der Waals surface area contributed by atoms with Crippen LogP contribution in [0.5, 0.6) is 0 Å². The van der Waals surface area contributed by atoms with Gasteiger partial charge in [0.1, 0.15) is 5.82 Å². The monoisotopic (exact) mass is 387 g/mol. The first-order chi connectivity index (χ1) is 14.0. The number of imidazole rings is 1. The molecule has 0 bridgehead atoms. The molecule has 4 aromatic rings. The first kappa shape index (κ1) is 18.9. The lowest BCUT2D eigenvalue weighted by molar-refractivity contribution is 0.0932. The Morgan fingerprint density at radius 1 is 1.03 bits per heavy atom. The average molecular weight is 387 g/mol. The molecule has 5 heteroatoms. The molecule has 1 unspecified atom stereocenters. The van der Waals surface area contributed by atoms with Gasteiger partial charge in [0.25, 0.3) is 5.91 Å². The van der Waals surface area contributed by atoms with Crippen LogP contribution in [0.2, 0.25) is 0 Å². The standard InChI is InChI=1S/C24H22FN3O/c1-16-6-5-7-20(17(16)2)24(29)27-22(18-10-12-19(25)13-11-18)14-28-15-26-21-8-3-4-9-23(21)28/h3-13,15,22H,14H2,1-2H3,(H,27,29). The maximum atomic E-state index is 13.5. The summed E-state index contributed by atoms with van der Waals surface area (Å²) in [6.45, 7) is 4.42. The van der Waals surface area contributed by atoms with Crippen LogP contribution >= 0.6 is 0 Å². The van der Waals surface area contributed by atoms with E-state index >= 15 is 0 Å². The second kappa shape index (κ2) is 7.87. The largest absolute Gasteiger partial charge is 0.343 e. The van der Waals surface area contributed by atoms with Crippen molar-refractivity contribution in [2.75, 3.05) is 0 Å². The van der Waals surface area contributed by atoms with Crippen LogP contribution in [0.1, 0.15) is 33.1 Å². The van der Waals surface area contributed by atoms with Crippen molar-refractivity contribution < 1.29 is 9.18 Å². The van der Waals surface area contributed by atoms with E-state index in [1.807, 2.05) is 60.9 Å². The maximum absolute atomic E-state index is 13.5. The molecule has 0 aliphatic carbocycles. The van der Waals surface area contributed by atoms with E-state index < -0.39 is 0 Å². The molecule has 0 saturated heterocycles. The number of nitrogens with one attached hydrogen (secondary N) is 1. The van der Waals surface area contributed by atoms with Crippen molar-refractivity contribution in [3.8, 4) is 0 Å². The minimum absolute atomic E-state index is 0.148. The first-order valence-corrected chi connectivity index (χ1v) is 9.55. The van der Waals surface area contributed by atoms with Crippen LogP contribution < -0.4 is 5.32 Å². The number of aryl methyl sites for hydroxylation is 1. The predicted octanol–water partition coefficient (Wildman–Crippen LogP) is 4.96. The molecule has 1 atom stereocenters. The molecule has 0 aliphatic heterocycles. The quantitative estimate of drug-likeness (QED) is 0.526. The van der Waals surface area contributed by atoms with Crippen molar-refractivity contribution in [1.82, 2.24) is 14.9 Å². The Morgan fingerprint density at radius 2 is 1.79 bits per heavy atom. The highest BCUT2D eigenvalue weighted by atomic mass is 19.1. The topological polar surface area (TPSA) is 46.9 Å². The number of halogens is 1. The van der Waals surface area contributed by atoms with Gasteiger partial charge in [0.15, 0.2) is 0 Å². The summed E-state index contributed by atoms with van der Waals surface area (Å²) in [6, 6.07) is 19.5. The number of benzene rings is 3. The number of hydrogen-bond donors (Lipinski definition) is 1. The summed E-state index contributed by atoms with van der Waals surface area (Å²) in [5.41, 5.74) is 5.38. The molecule has 0 fully saturated rings. The van der Waals surface area contributed by atoms with E-state index in [0.29, 0.717) is 12.1 Å². The third-order valence-corrected chi connectivity index (χ3v) is 5.33. The van der Waals surface area contributed by atoms with E-state index in [4.69, 9.17) is 0 Å². The molecule has 0 spiro atoms. The molecule has 1 aromatic heterocycles. The lowest BCUT2D eigenvalue weighted by Gasteiger charge is -2.21. The zero-order valence-electron chi connectivity index (χ0n) is 16.4. The minimum Gasteiger partial charge on any atom is -0.343 e. The third kappa shape index (κ3) is 3.90. The first-order valence-electron chi connectivity index (χ1n) is 9.55. The summed E-state index contributed by atoms with van der Waals surface area (Å²) in [5.74, 6) is -0.452. The van der Waals surface area contributed by atoms with Gasteiger partial charge in [-0.2, -0.15) is 0 Å². The Balaban J connectivity index is 1.68. The predicted molar refractivity (Wildman–Crippen MR) is 112 cm³/mol. The van der Waals surface area contributed by atoms with Gasteiger partial charge >= 0.3 is 0 Å². The van der Waals surface area contributed by atoms with Crippen LogP contribution in [0.15, 0.2) is 73.1 Å². The third-order valence-electron chi connectivity index (χ3n) is 5.33. The van der Waals surface area contributed by atoms with Gasteiger partial charge in [-0.15, -0.1) is 0 Å². The number of rotatable bonds is 5. The van der Waals surface area contributed by atoms with Crippen LogP contribution in [-0.2, 0) is 6.54 Å². The van der Waals surface area contributed by atoms with Crippen molar-refractivity contribution in [2.45, 2.75) is 26.4 Å². The number of aromatic nitrogens is 2. The fraction of sp³-hybridized carbons (Fsp3) is 0.167. The van der Waals surface area contributed by atoms with Gasteiger partial charge in [-0.25, -0.2) is 9.37 Å². The van der Waals surface area contributed by atoms with Crippen LogP contribution in [0.25, 0.3) is 11.0 Å². The minimum atomic E-state index is -0.333. The zero-order chi connectivity index (χ0) is 20.4. The smallest absolute Gasteiger partial charge is 0.252 e. The molecule has 1 amide bonds. The van der Waals surface area contributed by atoms with E-state index in [9.17, 15) is 9.18 Å². The van der Waals surface area contributed by atoms with Gasteiger partial charge in [0, 0.05) is 12.1 Å². The second-order valence-corrected chi connectivity index (χ2v) is 7.21. The van der Waals surface area contributed by atoms with Crippen molar-refractivity contribution in [2.24, 2.45) is 0 Å². The van der Waals surface area contributed by atoms with E-state index in [2.05, 4.69) is 10.3 Å².